The van der Waals surface area contributed by atoms with Crippen LogP contribution in [0.5, 0.6) is 0 Å². The minimum atomic E-state index is -3.67. The molecule has 1 heterocycles. The molecular weight excluding hydrogens is 402 g/mol. The maximum atomic E-state index is 13.2. The van der Waals surface area contributed by atoms with Gasteiger partial charge >= 0.3 is 0 Å². The molecule has 0 bridgehead atoms. The second-order valence-corrected chi connectivity index (χ2v) is 9.91. The molecule has 0 aliphatic heterocycles. The van der Waals surface area contributed by atoms with Gasteiger partial charge in [0, 0.05) is 18.9 Å². The summed E-state index contributed by atoms with van der Waals surface area (Å²) in [5.74, 6) is -1.35. The molecule has 26 heavy (non-hydrogen) atoms. The first-order chi connectivity index (χ1) is 11.8. The lowest BCUT2D eigenvalue weighted by Gasteiger charge is -2.17. The van der Waals surface area contributed by atoms with E-state index in [9.17, 15) is 17.6 Å². The van der Waals surface area contributed by atoms with Gasteiger partial charge in [0.1, 0.15) is 16.4 Å². The van der Waals surface area contributed by atoms with Crippen molar-refractivity contribution in [3.63, 3.8) is 0 Å². The molecule has 142 valence electrons. The van der Waals surface area contributed by atoms with Crippen LogP contribution in [-0.2, 0) is 16.9 Å². The number of halogens is 3. The number of nitrogens with one attached hydrogen (secondary N) is 1. The molecule has 0 fully saturated rings. The number of aromatic nitrogens is 1. The molecule has 5 nitrogen and oxygen atoms in total. The van der Waals surface area contributed by atoms with Crippen LogP contribution in [0.25, 0.3) is 0 Å². The number of hydrogen-bond donors (Lipinski definition) is 1. The van der Waals surface area contributed by atoms with Crippen molar-refractivity contribution in [2.24, 2.45) is 12.5 Å². The zero-order chi connectivity index (χ0) is 19.9. The molecule has 1 aromatic heterocycles. The Hall–Kier alpha value is -1.57. The van der Waals surface area contributed by atoms with Crippen molar-refractivity contribution in [3.8, 4) is 0 Å². The van der Waals surface area contributed by atoms with Gasteiger partial charge in [0.15, 0.2) is 9.84 Å². The highest BCUT2D eigenvalue weighted by molar-refractivity contribution is 7.91. The molecule has 0 spiro atoms. The van der Waals surface area contributed by atoms with E-state index >= 15 is 0 Å². The van der Waals surface area contributed by atoms with Crippen molar-refractivity contribution < 1.29 is 17.6 Å². The van der Waals surface area contributed by atoms with Crippen molar-refractivity contribution in [2.45, 2.75) is 25.7 Å². The predicted octanol–water partition coefficient (Wildman–Crippen LogP) is 4.54. The summed E-state index contributed by atoms with van der Waals surface area (Å²) in [6.07, 6.45) is 1.32. The van der Waals surface area contributed by atoms with Crippen molar-refractivity contribution >= 4 is 44.6 Å². The van der Waals surface area contributed by atoms with Crippen LogP contribution in [0.3, 0.4) is 0 Å². The highest BCUT2D eigenvalue weighted by Crippen LogP contribution is 2.31. The van der Waals surface area contributed by atoms with Crippen molar-refractivity contribution in [1.82, 2.24) is 4.57 Å². The number of anilines is 1. The number of aryl methyl sites for hydroxylation is 1. The monoisotopic (exact) mass is 420 g/mol. The molecule has 0 radical (unpaired) electrons. The standard InChI is InChI=1S/C17H19Cl2FN2O3S/c1-17(2,3)9-26(24,25)13-8-22(4)15(14(13)19)16(23)21-10-5-6-12(20)11(18)7-10/h5-8H,9H2,1-4H3,(H,21,23). The van der Waals surface area contributed by atoms with Crippen molar-refractivity contribution in [2.75, 3.05) is 11.1 Å². The summed E-state index contributed by atoms with van der Waals surface area (Å²) in [5.41, 5.74) is -0.219. The SMILES string of the molecule is Cn1cc(S(=O)(=O)CC(C)(C)C)c(Cl)c1C(=O)Nc1ccc(F)c(Cl)c1. The van der Waals surface area contributed by atoms with Gasteiger partial charge in [0.05, 0.1) is 15.8 Å². The molecular formula is C17H19Cl2FN2O3S. The van der Waals surface area contributed by atoms with Gasteiger partial charge in [-0.15, -0.1) is 0 Å². The Balaban J connectivity index is 2.37. The molecule has 0 saturated heterocycles. The summed E-state index contributed by atoms with van der Waals surface area (Å²) in [7, 11) is -2.15. The molecule has 0 aliphatic carbocycles. The highest BCUT2D eigenvalue weighted by Gasteiger charge is 2.30. The van der Waals surface area contributed by atoms with Gasteiger partial charge in [0.2, 0.25) is 0 Å². The van der Waals surface area contributed by atoms with Crippen LogP contribution in [0.4, 0.5) is 10.1 Å². The number of hydrogen-bond acceptors (Lipinski definition) is 3. The molecule has 1 aromatic carbocycles. The third-order valence-corrected chi connectivity index (χ3v) is 6.45. The first kappa shape index (κ1) is 20.7. The average molecular weight is 421 g/mol. The van der Waals surface area contributed by atoms with E-state index in [-0.39, 0.29) is 32.1 Å². The maximum absolute atomic E-state index is 13.2. The maximum Gasteiger partial charge on any atom is 0.273 e. The fourth-order valence-corrected chi connectivity index (χ4v) is 5.24. The van der Waals surface area contributed by atoms with Crippen LogP contribution in [0.15, 0.2) is 29.3 Å². The third kappa shape index (κ3) is 4.58. The number of rotatable bonds is 4. The second kappa shape index (κ2) is 7.21. The van der Waals surface area contributed by atoms with Crippen LogP contribution in [0.2, 0.25) is 10.0 Å². The average Bonchev–Trinajstić information content (AvgIpc) is 2.76. The van der Waals surface area contributed by atoms with Crippen molar-refractivity contribution in [3.05, 3.63) is 46.0 Å². The van der Waals surface area contributed by atoms with Gasteiger partial charge in [-0.05, 0) is 23.6 Å². The topological polar surface area (TPSA) is 68.2 Å². The first-order valence-electron chi connectivity index (χ1n) is 7.66. The fraction of sp³-hybridized carbons (Fsp3) is 0.353. The Bertz CT molecular complexity index is 963. The van der Waals surface area contributed by atoms with E-state index in [1.54, 1.807) is 20.8 Å². The molecule has 0 unspecified atom stereocenters. The van der Waals surface area contributed by atoms with Crippen LogP contribution in [0.1, 0.15) is 31.3 Å². The lowest BCUT2D eigenvalue weighted by atomic mass is 10.0. The molecule has 0 saturated carbocycles. The number of carbonyl (C=O) groups is 1. The summed E-state index contributed by atoms with van der Waals surface area (Å²) in [5, 5.41) is 2.24. The van der Waals surface area contributed by atoms with Crippen LogP contribution in [0, 0.1) is 11.2 Å². The molecule has 0 atom stereocenters. The number of sulfone groups is 1. The van der Waals surface area contributed by atoms with Crippen LogP contribution in [-0.4, -0.2) is 24.6 Å². The summed E-state index contributed by atoms with van der Waals surface area (Å²) in [4.78, 5) is 12.4. The Labute approximate surface area is 162 Å². The fourth-order valence-electron chi connectivity index (χ4n) is 2.46. The van der Waals surface area contributed by atoms with Crippen LogP contribution < -0.4 is 5.32 Å². The van der Waals surface area contributed by atoms with Gasteiger partial charge in [-0.3, -0.25) is 4.79 Å². The Kier molecular flexibility index (Phi) is 5.75. The van der Waals surface area contributed by atoms with E-state index in [0.717, 1.165) is 6.07 Å². The second-order valence-electron chi connectivity index (χ2n) is 7.17. The summed E-state index contributed by atoms with van der Waals surface area (Å²) in [6, 6.07) is 3.71. The van der Waals surface area contributed by atoms with Gasteiger partial charge < -0.3 is 9.88 Å². The van der Waals surface area contributed by atoms with Crippen molar-refractivity contribution in [1.29, 1.82) is 0 Å². The zero-order valence-electron chi connectivity index (χ0n) is 14.7. The summed E-state index contributed by atoms with van der Waals surface area (Å²) in [6.45, 7) is 5.40. The number of amides is 1. The quantitative estimate of drug-likeness (QED) is 0.788. The number of carbonyl (C=O) groups excluding carboxylic acids is 1. The van der Waals surface area contributed by atoms with E-state index in [0.29, 0.717) is 0 Å². The molecule has 9 heteroatoms. The lowest BCUT2D eigenvalue weighted by Crippen LogP contribution is -2.21. The Morgan fingerprint density at radius 2 is 1.88 bits per heavy atom. The van der Waals surface area contributed by atoms with E-state index in [4.69, 9.17) is 23.2 Å². The summed E-state index contributed by atoms with van der Waals surface area (Å²) < 4.78 is 39.8. The third-order valence-electron chi connectivity index (χ3n) is 3.44. The van der Waals surface area contributed by atoms with Gasteiger partial charge in [-0.2, -0.15) is 0 Å². The van der Waals surface area contributed by atoms with Gasteiger partial charge in [-0.1, -0.05) is 44.0 Å². The minimum absolute atomic E-state index is 0.0143. The number of nitrogens with zero attached hydrogens (tertiary/aromatic N) is 1. The molecule has 1 N–H and O–H groups in total. The minimum Gasteiger partial charge on any atom is -0.344 e. The highest BCUT2D eigenvalue weighted by atomic mass is 35.5. The Morgan fingerprint density at radius 1 is 1.27 bits per heavy atom. The largest absolute Gasteiger partial charge is 0.344 e. The van der Waals surface area contributed by atoms with E-state index in [1.165, 1.54) is 29.9 Å². The van der Waals surface area contributed by atoms with Gasteiger partial charge in [-0.25, -0.2) is 12.8 Å². The predicted molar refractivity (Wildman–Crippen MR) is 101 cm³/mol. The van der Waals surface area contributed by atoms with E-state index in [1.807, 2.05) is 0 Å². The van der Waals surface area contributed by atoms with Gasteiger partial charge in [0.25, 0.3) is 5.91 Å². The molecule has 2 aromatic rings. The number of benzene rings is 1. The lowest BCUT2D eigenvalue weighted by molar-refractivity contribution is 0.101. The normalized spacial score (nSPS) is 12.3. The van der Waals surface area contributed by atoms with Crippen LogP contribution >= 0.6 is 23.2 Å². The Morgan fingerprint density at radius 3 is 2.42 bits per heavy atom. The smallest absolute Gasteiger partial charge is 0.273 e. The molecule has 0 aliphatic rings. The molecule has 2 rings (SSSR count). The summed E-state index contributed by atoms with van der Waals surface area (Å²) >= 11 is 11.9. The first-order valence-corrected chi connectivity index (χ1v) is 10.1. The van der Waals surface area contributed by atoms with E-state index < -0.39 is 27.0 Å². The molecule has 1 amide bonds. The zero-order valence-corrected chi connectivity index (χ0v) is 17.1. The van der Waals surface area contributed by atoms with E-state index in [2.05, 4.69) is 5.32 Å².